The molecule has 0 fully saturated rings. The van der Waals surface area contributed by atoms with E-state index in [2.05, 4.69) is 20.8 Å². The van der Waals surface area contributed by atoms with E-state index in [4.69, 9.17) is 4.74 Å². The summed E-state index contributed by atoms with van der Waals surface area (Å²) in [6, 6.07) is 14.8. The van der Waals surface area contributed by atoms with Crippen LogP contribution in [-0.4, -0.2) is 39.4 Å². The Bertz CT molecular complexity index is 1370. The SMILES string of the molecule is COc1ccc(NC(=O)CSc2nnc(CNC(=O)c3cccs3)n2-c2cccc(C(F)(F)F)c2)cc1. The molecule has 37 heavy (non-hydrogen) atoms. The molecule has 4 rings (SSSR count). The molecular formula is C24H20F3N5O3S2. The third-order valence-corrected chi connectivity index (χ3v) is 6.79. The molecule has 0 atom stereocenters. The number of thioether (sulfide) groups is 1. The van der Waals surface area contributed by atoms with Gasteiger partial charge in [-0.15, -0.1) is 21.5 Å². The lowest BCUT2D eigenvalue weighted by Gasteiger charge is -2.13. The first-order valence-corrected chi connectivity index (χ1v) is 12.6. The van der Waals surface area contributed by atoms with Crippen molar-refractivity contribution in [1.82, 2.24) is 20.1 Å². The Kier molecular flexibility index (Phi) is 8.14. The standard InChI is InChI=1S/C24H20F3N5O3S2/c1-35-18-9-7-16(8-10-18)29-21(33)14-37-23-31-30-20(13-28-22(34)19-6-3-11-36-19)32(23)17-5-2-4-15(12-17)24(25,26)27/h2-12H,13-14H2,1H3,(H,28,34)(H,29,33). The van der Waals surface area contributed by atoms with Crippen LogP contribution >= 0.6 is 23.1 Å². The van der Waals surface area contributed by atoms with Gasteiger partial charge < -0.3 is 15.4 Å². The minimum atomic E-state index is -4.55. The number of ether oxygens (including phenoxy) is 1. The van der Waals surface area contributed by atoms with Crippen LogP contribution in [0.15, 0.2) is 71.2 Å². The Balaban J connectivity index is 1.54. The number of anilines is 1. The maximum absolute atomic E-state index is 13.4. The first-order valence-electron chi connectivity index (χ1n) is 10.7. The average molecular weight is 548 g/mol. The largest absolute Gasteiger partial charge is 0.497 e. The van der Waals surface area contributed by atoms with E-state index in [0.717, 1.165) is 23.9 Å². The van der Waals surface area contributed by atoms with Crippen molar-refractivity contribution in [3.05, 3.63) is 82.3 Å². The number of hydrogen-bond acceptors (Lipinski definition) is 7. The summed E-state index contributed by atoms with van der Waals surface area (Å²) in [7, 11) is 1.53. The molecule has 0 aliphatic carbocycles. The van der Waals surface area contributed by atoms with E-state index in [1.807, 2.05) is 0 Å². The molecule has 0 saturated carbocycles. The van der Waals surface area contributed by atoms with Gasteiger partial charge in [0.15, 0.2) is 11.0 Å². The normalized spacial score (nSPS) is 11.2. The Morgan fingerprint density at radius 3 is 2.54 bits per heavy atom. The second kappa shape index (κ2) is 11.5. The molecule has 8 nitrogen and oxygen atoms in total. The number of alkyl halides is 3. The summed E-state index contributed by atoms with van der Waals surface area (Å²) in [5, 5.41) is 15.5. The summed E-state index contributed by atoms with van der Waals surface area (Å²) >= 11 is 2.26. The Hall–Kier alpha value is -3.84. The Morgan fingerprint density at radius 2 is 1.86 bits per heavy atom. The van der Waals surface area contributed by atoms with Crippen molar-refractivity contribution in [1.29, 1.82) is 0 Å². The van der Waals surface area contributed by atoms with Gasteiger partial charge in [0.1, 0.15) is 5.75 Å². The minimum Gasteiger partial charge on any atom is -0.497 e. The molecule has 2 aromatic heterocycles. The van der Waals surface area contributed by atoms with Crippen LogP contribution in [-0.2, 0) is 17.5 Å². The van der Waals surface area contributed by atoms with Crippen LogP contribution in [0, 0.1) is 0 Å². The molecule has 4 aromatic rings. The van der Waals surface area contributed by atoms with Crippen molar-refractivity contribution < 1.29 is 27.5 Å². The molecule has 2 N–H and O–H groups in total. The topological polar surface area (TPSA) is 98.1 Å². The maximum Gasteiger partial charge on any atom is 0.416 e. The number of benzene rings is 2. The highest BCUT2D eigenvalue weighted by Gasteiger charge is 2.31. The smallest absolute Gasteiger partial charge is 0.416 e. The number of carbonyl (C=O) groups is 2. The van der Waals surface area contributed by atoms with Gasteiger partial charge in [-0.2, -0.15) is 13.2 Å². The fourth-order valence-electron chi connectivity index (χ4n) is 3.24. The van der Waals surface area contributed by atoms with Crippen LogP contribution in [0.2, 0.25) is 0 Å². The fraction of sp³-hybridized carbons (Fsp3) is 0.167. The molecule has 0 unspecified atom stereocenters. The molecule has 2 amide bonds. The molecule has 0 radical (unpaired) electrons. The summed E-state index contributed by atoms with van der Waals surface area (Å²) in [6.45, 7) is -0.0847. The predicted octanol–water partition coefficient (Wildman–Crippen LogP) is 5.02. The van der Waals surface area contributed by atoms with Crippen LogP contribution in [0.25, 0.3) is 5.69 Å². The van der Waals surface area contributed by atoms with E-state index in [1.165, 1.54) is 35.1 Å². The highest BCUT2D eigenvalue weighted by atomic mass is 32.2. The summed E-state index contributed by atoms with van der Waals surface area (Å²) in [4.78, 5) is 25.4. The lowest BCUT2D eigenvalue weighted by atomic mass is 10.2. The number of rotatable bonds is 9. The number of thiophene rings is 1. The quantitative estimate of drug-likeness (QED) is 0.286. The van der Waals surface area contributed by atoms with E-state index in [1.54, 1.807) is 41.8 Å². The first-order chi connectivity index (χ1) is 17.7. The van der Waals surface area contributed by atoms with Gasteiger partial charge >= 0.3 is 6.18 Å². The van der Waals surface area contributed by atoms with Gasteiger partial charge in [0.2, 0.25) is 5.91 Å². The minimum absolute atomic E-state index is 0.0787. The number of carbonyl (C=O) groups excluding carboxylic acids is 2. The zero-order valence-electron chi connectivity index (χ0n) is 19.3. The third kappa shape index (κ3) is 6.68. The van der Waals surface area contributed by atoms with Crippen molar-refractivity contribution in [2.24, 2.45) is 0 Å². The van der Waals surface area contributed by atoms with Gasteiger partial charge in [-0.05, 0) is 53.9 Å². The number of nitrogens with zero attached hydrogens (tertiary/aromatic N) is 3. The zero-order valence-corrected chi connectivity index (χ0v) is 20.9. The Labute approximate surface area is 217 Å². The van der Waals surface area contributed by atoms with Gasteiger partial charge in [0.25, 0.3) is 5.91 Å². The number of amides is 2. The molecule has 0 saturated heterocycles. The summed E-state index contributed by atoms with van der Waals surface area (Å²) in [6.07, 6.45) is -4.55. The molecule has 2 aromatic carbocycles. The average Bonchev–Trinajstić information content (AvgIpc) is 3.56. The van der Waals surface area contributed by atoms with Crippen LogP contribution in [0.1, 0.15) is 21.1 Å². The van der Waals surface area contributed by atoms with Crippen LogP contribution < -0.4 is 15.4 Å². The molecular weight excluding hydrogens is 527 g/mol. The van der Waals surface area contributed by atoms with Gasteiger partial charge in [0, 0.05) is 5.69 Å². The summed E-state index contributed by atoms with van der Waals surface area (Å²) in [5.74, 6) is 0.0792. The number of hydrogen-bond donors (Lipinski definition) is 2. The van der Waals surface area contributed by atoms with Crippen molar-refractivity contribution in [2.45, 2.75) is 17.9 Å². The second-order valence-electron chi connectivity index (χ2n) is 7.51. The van der Waals surface area contributed by atoms with Crippen LogP contribution in [0.3, 0.4) is 0 Å². The van der Waals surface area contributed by atoms with Crippen LogP contribution in [0.5, 0.6) is 5.75 Å². The van der Waals surface area contributed by atoms with Gasteiger partial charge in [-0.3, -0.25) is 14.2 Å². The zero-order chi connectivity index (χ0) is 26.4. The van der Waals surface area contributed by atoms with Gasteiger partial charge in [0.05, 0.1) is 35.5 Å². The molecule has 0 spiro atoms. The highest BCUT2D eigenvalue weighted by molar-refractivity contribution is 7.99. The van der Waals surface area contributed by atoms with E-state index in [9.17, 15) is 22.8 Å². The molecule has 2 heterocycles. The second-order valence-corrected chi connectivity index (χ2v) is 9.40. The van der Waals surface area contributed by atoms with Crippen molar-refractivity contribution in [3.8, 4) is 11.4 Å². The molecule has 0 aliphatic heterocycles. The summed E-state index contributed by atoms with van der Waals surface area (Å²) in [5.41, 5.74) is -0.138. The lowest BCUT2D eigenvalue weighted by molar-refractivity contribution is -0.137. The van der Waals surface area contributed by atoms with Crippen molar-refractivity contribution in [2.75, 3.05) is 18.2 Å². The fourth-order valence-corrected chi connectivity index (χ4v) is 4.66. The summed E-state index contributed by atoms with van der Waals surface area (Å²) < 4.78 is 46.6. The van der Waals surface area contributed by atoms with Crippen LogP contribution in [0.4, 0.5) is 18.9 Å². The van der Waals surface area contributed by atoms with Gasteiger partial charge in [-0.25, -0.2) is 0 Å². The third-order valence-electron chi connectivity index (χ3n) is 4.99. The lowest BCUT2D eigenvalue weighted by Crippen LogP contribution is -2.24. The van der Waals surface area contributed by atoms with E-state index < -0.39 is 11.7 Å². The number of nitrogens with one attached hydrogen (secondary N) is 2. The van der Waals surface area contributed by atoms with Crippen molar-refractivity contribution in [3.63, 3.8) is 0 Å². The highest BCUT2D eigenvalue weighted by Crippen LogP contribution is 2.32. The molecule has 192 valence electrons. The maximum atomic E-state index is 13.4. The van der Waals surface area contributed by atoms with Crippen molar-refractivity contribution >= 4 is 40.6 Å². The Morgan fingerprint density at radius 1 is 1.08 bits per heavy atom. The predicted molar refractivity (Wildman–Crippen MR) is 134 cm³/mol. The van der Waals surface area contributed by atoms with E-state index >= 15 is 0 Å². The first kappa shape index (κ1) is 26.2. The number of aromatic nitrogens is 3. The molecule has 0 bridgehead atoms. The molecule has 13 heteroatoms. The van der Waals surface area contributed by atoms with Gasteiger partial charge in [-0.1, -0.05) is 23.9 Å². The van der Waals surface area contributed by atoms with E-state index in [-0.39, 0.29) is 40.8 Å². The van der Waals surface area contributed by atoms with E-state index in [0.29, 0.717) is 16.3 Å². The number of halogens is 3. The monoisotopic (exact) mass is 547 g/mol. The molecule has 0 aliphatic rings. The number of methoxy groups -OCH3 is 1.